The standard InChI is InChI=1S/C6H11IOS2/c7-10-8-5-6-1-3-9-4-2-6/h6H,1-5H2. The Morgan fingerprint density at radius 3 is 2.80 bits per heavy atom. The van der Waals surface area contributed by atoms with Crippen molar-refractivity contribution >= 4 is 42.2 Å². The first-order valence-electron chi connectivity index (χ1n) is 3.41. The summed E-state index contributed by atoms with van der Waals surface area (Å²) >= 11 is 4.24. The van der Waals surface area contributed by atoms with Crippen LogP contribution in [0.4, 0.5) is 0 Å². The fourth-order valence-corrected chi connectivity index (χ4v) is 2.92. The minimum Gasteiger partial charge on any atom is -0.305 e. The van der Waals surface area contributed by atoms with E-state index in [1.54, 1.807) is 0 Å². The van der Waals surface area contributed by atoms with Crippen LogP contribution in [0.5, 0.6) is 0 Å². The molecule has 0 N–H and O–H groups in total. The minimum atomic E-state index is 0.837. The Labute approximate surface area is 82.8 Å². The summed E-state index contributed by atoms with van der Waals surface area (Å²) in [7, 11) is 1.46. The summed E-state index contributed by atoms with van der Waals surface area (Å²) in [6.07, 6.45) is 2.70. The number of rotatable bonds is 3. The maximum atomic E-state index is 5.27. The van der Waals surface area contributed by atoms with Crippen LogP contribution in [0.2, 0.25) is 0 Å². The topological polar surface area (TPSA) is 9.23 Å². The Morgan fingerprint density at radius 2 is 2.20 bits per heavy atom. The average molecular weight is 290 g/mol. The van der Waals surface area contributed by atoms with Crippen LogP contribution in [-0.4, -0.2) is 18.1 Å². The molecular weight excluding hydrogens is 279 g/mol. The van der Waals surface area contributed by atoms with Gasteiger partial charge in [-0.3, -0.25) is 0 Å². The van der Waals surface area contributed by atoms with E-state index in [-0.39, 0.29) is 0 Å². The van der Waals surface area contributed by atoms with Crippen molar-refractivity contribution in [3.8, 4) is 0 Å². The first kappa shape index (κ1) is 9.48. The molecule has 1 fully saturated rings. The molecule has 60 valence electrons. The molecule has 0 bridgehead atoms. The van der Waals surface area contributed by atoms with E-state index < -0.39 is 0 Å². The van der Waals surface area contributed by atoms with Gasteiger partial charge in [0.25, 0.3) is 0 Å². The van der Waals surface area contributed by atoms with Gasteiger partial charge in [0.05, 0.1) is 15.8 Å². The zero-order valence-corrected chi connectivity index (χ0v) is 9.51. The second kappa shape index (κ2) is 5.97. The van der Waals surface area contributed by atoms with E-state index >= 15 is 0 Å². The molecule has 0 aromatic rings. The van der Waals surface area contributed by atoms with Crippen molar-refractivity contribution in [1.82, 2.24) is 0 Å². The fourth-order valence-electron chi connectivity index (χ4n) is 1.04. The van der Waals surface area contributed by atoms with Gasteiger partial charge in [-0.05, 0) is 30.3 Å². The van der Waals surface area contributed by atoms with Gasteiger partial charge in [-0.1, -0.05) is 0 Å². The third-order valence-electron chi connectivity index (χ3n) is 1.69. The number of halogens is 1. The molecule has 10 heavy (non-hydrogen) atoms. The zero-order chi connectivity index (χ0) is 7.23. The fraction of sp³-hybridized carbons (Fsp3) is 1.00. The van der Waals surface area contributed by atoms with Crippen molar-refractivity contribution < 1.29 is 4.18 Å². The van der Waals surface area contributed by atoms with Crippen LogP contribution < -0.4 is 0 Å². The first-order chi connectivity index (χ1) is 4.93. The molecule has 0 aromatic heterocycles. The summed E-state index contributed by atoms with van der Waals surface area (Å²) in [6.45, 7) is 0.953. The van der Waals surface area contributed by atoms with E-state index in [1.807, 2.05) is 0 Å². The molecule has 0 unspecified atom stereocenters. The normalized spacial score (nSPS) is 21.3. The Bertz CT molecular complexity index is 85.8. The van der Waals surface area contributed by atoms with Gasteiger partial charge in [0, 0.05) is 21.2 Å². The van der Waals surface area contributed by atoms with Crippen molar-refractivity contribution in [2.24, 2.45) is 5.92 Å². The monoisotopic (exact) mass is 290 g/mol. The van der Waals surface area contributed by atoms with Crippen LogP contribution in [0.25, 0.3) is 0 Å². The van der Waals surface area contributed by atoms with Crippen LogP contribution >= 0.6 is 42.2 Å². The lowest BCUT2D eigenvalue weighted by atomic mass is 10.1. The lowest BCUT2D eigenvalue weighted by Crippen LogP contribution is -2.13. The maximum absolute atomic E-state index is 5.27. The molecule has 0 atom stereocenters. The Kier molecular flexibility index (Phi) is 5.66. The van der Waals surface area contributed by atoms with Gasteiger partial charge in [0.1, 0.15) is 0 Å². The van der Waals surface area contributed by atoms with E-state index in [0.717, 1.165) is 12.5 Å². The molecular formula is C6H11IOS2. The second-order valence-electron chi connectivity index (χ2n) is 2.40. The molecule has 0 aliphatic carbocycles. The highest BCUT2D eigenvalue weighted by atomic mass is 127. The van der Waals surface area contributed by atoms with Crippen LogP contribution in [0.3, 0.4) is 0 Å². The molecule has 0 spiro atoms. The quantitative estimate of drug-likeness (QED) is 0.584. The zero-order valence-electron chi connectivity index (χ0n) is 5.72. The highest BCUT2D eigenvalue weighted by Crippen LogP contribution is 2.25. The molecule has 0 aromatic carbocycles. The van der Waals surface area contributed by atoms with Gasteiger partial charge in [0.15, 0.2) is 0 Å². The Morgan fingerprint density at radius 1 is 1.50 bits per heavy atom. The summed E-state index contributed by atoms with van der Waals surface area (Å²) in [6, 6.07) is 0. The SMILES string of the molecule is ISOCC1CCSCC1. The van der Waals surface area contributed by atoms with Crippen LogP contribution in [-0.2, 0) is 4.18 Å². The van der Waals surface area contributed by atoms with Gasteiger partial charge in [-0.25, -0.2) is 0 Å². The summed E-state index contributed by atoms with van der Waals surface area (Å²) in [4.78, 5) is 0. The lowest BCUT2D eigenvalue weighted by molar-refractivity contribution is 0.280. The molecule has 1 nitrogen and oxygen atoms in total. The molecule has 1 heterocycles. The van der Waals surface area contributed by atoms with Gasteiger partial charge >= 0.3 is 0 Å². The van der Waals surface area contributed by atoms with Crippen molar-refractivity contribution in [3.63, 3.8) is 0 Å². The molecule has 1 aliphatic rings. The van der Waals surface area contributed by atoms with E-state index in [0.29, 0.717) is 0 Å². The van der Waals surface area contributed by atoms with E-state index in [1.165, 1.54) is 33.6 Å². The van der Waals surface area contributed by atoms with Crippen molar-refractivity contribution in [2.45, 2.75) is 12.8 Å². The number of thioether (sulfide) groups is 1. The molecule has 4 heteroatoms. The van der Waals surface area contributed by atoms with Crippen LogP contribution in [0.1, 0.15) is 12.8 Å². The molecule has 1 aliphatic heterocycles. The smallest absolute Gasteiger partial charge is 0.0652 e. The van der Waals surface area contributed by atoms with Crippen molar-refractivity contribution in [2.75, 3.05) is 18.1 Å². The third kappa shape index (κ3) is 3.69. The van der Waals surface area contributed by atoms with E-state index in [4.69, 9.17) is 4.18 Å². The van der Waals surface area contributed by atoms with Crippen LogP contribution in [0.15, 0.2) is 0 Å². The molecule has 1 rings (SSSR count). The number of hydrogen-bond acceptors (Lipinski definition) is 3. The van der Waals surface area contributed by atoms with E-state index in [9.17, 15) is 0 Å². The average Bonchev–Trinajstić information content (AvgIpc) is 2.03. The van der Waals surface area contributed by atoms with Gasteiger partial charge in [0.2, 0.25) is 0 Å². The lowest BCUT2D eigenvalue weighted by Gasteiger charge is -2.19. The van der Waals surface area contributed by atoms with Gasteiger partial charge in [-0.2, -0.15) is 11.8 Å². The highest BCUT2D eigenvalue weighted by Gasteiger charge is 2.13. The minimum absolute atomic E-state index is 0.837. The second-order valence-corrected chi connectivity index (χ2v) is 5.07. The Hall–Kier alpha value is 1.39. The first-order valence-corrected chi connectivity index (χ1v) is 7.85. The van der Waals surface area contributed by atoms with Crippen LogP contribution in [0, 0.1) is 5.92 Å². The summed E-state index contributed by atoms with van der Waals surface area (Å²) in [5.74, 6) is 3.50. The molecule has 0 radical (unpaired) electrons. The summed E-state index contributed by atoms with van der Waals surface area (Å²) < 4.78 is 5.27. The molecule has 0 amide bonds. The predicted octanol–water partition coefficient (Wildman–Crippen LogP) is 3.14. The number of hydrogen-bond donors (Lipinski definition) is 0. The van der Waals surface area contributed by atoms with E-state index in [2.05, 4.69) is 33.0 Å². The van der Waals surface area contributed by atoms with Crippen molar-refractivity contribution in [3.05, 3.63) is 0 Å². The highest BCUT2D eigenvalue weighted by molar-refractivity contribution is 14.2. The van der Waals surface area contributed by atoms with Gasteiger partial charge in [-0.15, -0.1) is 0 Å². The summed E-state index contributed by atoms with van der Waals surface area (Å²) in [5, 5.41) is 0. The summed E-state index contributed by atoms with van der Waals surface area (Å²) in [5.41, 5.74) is 0. The Balaban J connectivity index is 2.02. The third-order valence-corrected chi connectivity index (χ3v) is 3.73. The molecule has 1 saturated heterocycles. The van der Waals surface area contributed by atoms with Gasteiger partial charge < -0.3 is 4.18 Å². The maximum Gasteiger partial charge on any atom is 0.0652 e. The predicted molar refractivity (Wildman–Crippen MR) is 57.6 cm³/mol. The van der Waals surface area contributed by atoms with Crippen molar-refractivity contribution in [1.29, 1.82) is 0 Å². The largest absolute Gasteiger partial charge is 0.305 e. The molecule has 0 saturated carbocycles.